The zero-order chi connectivity index (χ0) is 17.1. The number of aromatic amines is 1. The third-order valence-corrected chi connectivity index (χ3v) is 4.02. The number of H-pyrrole nitrogens is 1. The smallest absolute Gasteiger partial charge is 0.307 e. The lowest BCUT2D eigenvalue weighted by Crippen LogP contribution is -1.98. The maximum Gasteiger partial charge on any atom is 0.307 e. The van der Waals surface area contributed by atoms with Crippen LogP contribution >= 0.6 is 0 Å². The van der Waals surface area contributed by atoms with Crippen molar-refractivity contribution in [3.63, 3.8) is 0 Å². The number of aryl methyl sites for hydroxylation is 1. The van der Waals surface area contributed by atoms with Gasteiger partial charge in [0.15, 0.2) is 0 Å². The minimum Gasteiger partial charge on any atom is -0.481 e. The van der Waals surface area contributed by atoms with E-state index in [9.17, 15) is 9.59 Å². The standard InChI is InChI=1S/C19H17NO4/c21-18(22)8-3-12-1-4-13(5-2-12)14-6-7-16-15(10-19(23)24)11-20-17(16)9-14/h1-2,4-7,9,11,20H,3,8,10H2,(H,21,22)(H,23,24). The fourth-order valence-corrected chi connectivity index (χ4v) is 2.79. The minimum absolute atomic E-state index is 0.00236. The molecule has 3 aromatic rings. The summed E-state index contributed by atoms with van der Waals surface area (Å²) in [7, 11) is 0. The molecule has 0 amide bonds. The molecule has 0 spiro atoms. The third kappa shape index (κ3) is 3.46. The van der Waals surface area contributed by atoms with Crippen LogP contribution in [0.2, 0.25) is 0 Å². The molecule has 5 heteroatoms. The summed E-state index contributed by atoms with van der Waals surface area (Å²) in [6.45, 7) is 0. The molecule has 0 unspecified atom stereocenters. The van der Waals surface area contributed by atoms with Crippen molar-refractivity contribution in [3.8, 4) is 11.1 Å². The van der Waals surface area contributed by atoms with Gasteiger partial charge >= 0.3 is 11.9 Å². The van der Waals surface area contributed by atoms with E-state index in [1.807, 2.05) is 42.5 Å². The van der Waals surface area contributed by atoms with E-state index in [0.717, 1.165) is 33.2 Å². The second-order valence-corrected chi connectivity index (χ2v) is 5.74. The van der Waals surface area contributed by atoms with Crippen LogP contribution in [0.15, 0.2) is 48.7 Å². The molecule has 1 aromatic heterocycles. The summed E-state index contributed by atoms with van der Waals surface area (Å²) in [6.07, 6.45) is 2.37. The molecule has 0 radical (unpaired) electrons. The van der Waals surface area contributed by atoms with Gasteiger partial charge in [-0.15, -0.1) is 0 Å². The van der Waals surface area contributed by atoms with Crippen molar-refractivity contribution in [3.05, 3.63) is 59.8 Å². The monoisotopic (exact) mass is 323 g/mol. The maximum absolute atomic E-state index is 10.9. The molecule has 0 fully saturated rings. The summed E-state index contributed by atoms with van der Waals surface area (Å²) < 4.78 is 0. The van der Waals surface area contributed by atoms with Crippen LogP contribution in [0.1, 0.15) is 17.5 Å². The van der Waals surface area contributed by atoms with E-state index in [4.69, 9.17) is 10.2 Å². The van der Waals surface area contributed by atoms with Crippen LogP contribution < -0.4 is 0 Å². The molecular formula is C19H17NO4. The van der Waals surface area contributed by atoms with Gasteiger partial charge in [-0.3, -0.25) is 9.59 Å². The molecule has 3 N–H and O–H groups in total. The van der Waals surface area contributed by atoms with E-state index in [1.54, 1.807) is 6.20 Å². The van der Waals surface area contributed by atoms with Crippen LogP contribution in [-0.4, -0.2) is 27.1 Å². The number of aromatic nitrogens is 1. The molecule has 3 rings (SSSR count). The van der Waals surface area contributed by atoms with Crippen LogP contribution in [0.3, 0.4) is 0 Å². The Hall–Kier alpha value is -3.08. The molecule has 0 aliphatic rings. The van der Waals surface area contributed by atoms with Gasteiger partial charge in [0, 0.05) is 23.5 Å². The van der Waals surface area contributed by atoms with Gasteiger partial charge in [-0.1, -0.05) is 36.4 Å². The summed E-state index contributed by atoms with van der Waals surface area (Å²) in [5.74, 6) is -1.65. The minimum atomic E-state index is -0.850. The summed E-state index contributed by atoms with van der Waals surface area (Å²) in [4.78, 5) is 24.6. The molecule has 0 bridgehead atoms. The Morgan fingerprint density at radius 2 is 1.62 bits per heavy atom. The van der Waals surface area contributed by atoms with Crippen molar-refractivity contribution >= 4 is 22.8 Å². The summed E-state index contributed by atoms with van der Waals surface area (Å²) in [6, 6.07) is 13.7. The van der Waals surface area contributed by atoms with Crippen molar-refractivity contribution in [2.75, 3.05) is 0 Å². The zero-order valence-electron chi connectivity index (χ0n) is 13.0. The normalized spacial score (nSPS) is 10.8. The van der Waals surface area contributed by atoms with Gasteiger partial charge in [0.25, 0.3) is 0 Å². The van der Waals surface area contributed by atoms with E-state index in [-0.39, 0.29) is 12.8 Å². The highest BCUT2D eigenvalue weighted by Crippen LogP contribution is 2.26. The number of benzene rings is 2. The van der Waals surface area contributed by atoms with Gasteiger partial charge in [0.1, 0.15) is 0 Å². The third-order valence-electron chi connectivity index (χ3n) is 4.02. The largest absolute Gasteiger partial charge is 0.481 e. The second kappa shape index (κ2) is 6.58. The van der Waals surface area contributed by atoms with Crippen molar-refractivity contribution < 1.29 is 19.8 Å². The molecule has 0 saturated carbocycles. The highest BCUT2D eigenvalue weighted by molar-refractivity contribution is 5.90. The van der Waals surface area contributed by atoms with Gasteiger partial charge in [0.2, 0.25) is 0 Å². The predicted octanol–water partition coefficient (Wildman–Crippen LogP) is 3.48. The van der Waals surface area contributed by atoms with Crippen LogP contribution in [0, 0.1) is 0 Å². The number of aliphatic carboxylic acids is 2. The Morgan fingerprint density at radius 1 is 0.917 bits per heavy atom. The van der Waals surface area contributed by atoms with E-state index in [2.05, 4.69) is 4.98 Å². The average molecular weight is 323 g/mol. The molecule has 0 aliphatic heterocycles. The first-order valence-electron chi connectivity index (χ1n) is 7.66. The van der Waals surface area contributed by atoms with Crippen molar-refractivity contribution in [1.82, 2.24) is 4.98 Å². The van der Waals surface area contributed by atoms with E-state index in [0.29, 0.717) is 6.42 Å². The van der Waals surface area contributed by atoms with E-state index < -0.39 is 11.9 Å². The Kier molecular flexibility index (Phi) is 4.33. The van der Waals surface area contributed by atoms with Crippen LogP contribution in [0.5, 0.6) is 0 Å². The average Bonchev–Trinajstić information content (AvgIpc) is 2.95. The number of hydrogen-bond acceptors (Lipinski definition) is 2. The topological polar surface area (TPSA) is 90.4 Å². The van der Waals surface area contributed by atoms with E-state index in [1.165, 1.54) is 0 Å². The molecule has 122 valence electrons. The number of rotatable bonds is 6. The molecule has 1 heterocycles. The fraction of sp³-hybridized carbons (Fsp3) is 0.158. The first-order chi connectivity index (χ1) is 11.5. The Morgan fingerprint density at radius 3 is 2.29 bits per heavy atom. The van der Waals surface area contributed by atoms with Gasteiger partial charge in [-0.2, -0.15) is 0 Å². The lowest BCUT2D eigenvalue weighted by Gasteiger charge is -2.05. The van der Waals surface area contributed by atoms with Crippen molar-refractivity contribution in [1.29, 1.82) is 0 Å². The molecule has 5 nitrogen and oxygen atoms in total. The van der Waals surface area contributed by atoms with Crippen molar-refractivity contribution in [2.45, 2.75) is 19.3 Å². The van der Waals surface area contributed by atoms with Gasteiger partial charge in [-0.25, -0.2) is 0 Å². The van der Waals surface area contributed by atoms with Gasteiger partial charge in [-0.05, 0) is 34.7 Å². The van der Waals surface area contributed by atoms with Crippen LogP contribution in [0.4, 0.5) is 0 Å². The fourth-order valence-electron chi connectivity index (χ4n) is 2.79. The molecule has 0 atom stereocenters. The number of hydrogen-bond donors (Lipinski definition) is 3. The maximum atomic E-state index is 10.9. The number of carboxylic acids is 2. The highest BCUT2D eigenvalue weighted by atomic mass is 16.4. The highest BCUT2D eigenvalue weighted by Gasteiger charge is 2.09. The first kappa shape index (κ1) is 15.8. The first-order valence-corrected chi connectivity index (χ1v) is 7.66. The van der Waals surface area contributed by atoms with Crippen LogP contribution in [0.25, 0.3) is 22.0 Å². The molecule has 2 aromatic carbocycles. The molecule has 0 aliphatic carbocycles. The lowest BCUT2D eigenvalue weighted by atomic mass is 10.0. The van der Waals surface area contributed by atoms with Gasteiger partial charge in [0.05, 0.1) is 6.42 Å². The summed E-state index contributed by atoms with van der Waals surface area (Å²) in [5.41, 5.74) is 4.72. The molecular weight excluding hydrogens is 306 g/mol. The number of fused-ring (bicyclic) bond motifs is 1. The van der Waals surface area contributed by atoms with Crippen LogP contribution in [-0.2, 0) is 22.4 Å². The summed E-state index contributed by atoms with van der Waals surface area (Å²) in [5, 5.41) is 18.6. The quantitative estimate of drug-likeness (QED) is 0.648. The zero-order valence-corrected chi connectivity index (χ0v) is 13.0. The Bertz CT molecular complexity index is 893. The lowest BCUT2D eigenvalue weighted by molar-refractivity contribution is -0.137. The molecule has 24 heavy (non-hydrogen) atoms. The van der Waals surface area contributed by atoms with Gasteiger partial charge < -0.3 is 15.2 Å². The summed E-state index contributed by atoms with van der Waals surface area (Å²) >= 11 is 0. The molecule has 0 saturated heterocycles. The number of nitrogens with one attached hydrogen (secondary N) is 1. The van der Waals surface area contributed by atoms with E-state index >= 15 is 0 Å². The van der Waals surface area contributed by atoms with Crippen molar-refractivity contribution in [2.24, 2.45) is 0 Å². The number of carboxylic acid groups (broad SMARTS) is 2. The second-order valence-electron chi connectivity index (χ2n) is 5.74. The Balaban J connectivity index is 1.84. The predicted molar refractivity (Wildman–Crippen MR) is 91.0 cm³/mol. The number of carbonyl (C=O) groups is 2. The Labute approximate surface area is 138 Å². The SMILES string of the molecule is O=C(O)CCc1ccc(-c2ccc3c(CC(=O)O)c[nH]c3c2)cc1.